The summed E-state index contributed by atoms with van der Waals surface area (Å²) in [5.74, 6) is 1.74. The first kappa shape index (κ1) is 21.8. The Morgan fingerprint density at radius 2 is 1.55 bits per heavy atom. The van der Waals surface area contributed by atoms with Gasteiger partial charge >= 0.3 is 5.97 Å². The van der Waals surface area contributed by atoms with Crippen LogP contribution in [0.1, 0.15) is 70.3 Å². The summed E-state index contributed by atoms with van der Waals surface area (Å²) in [4.78, 5) is 36.5. The van der Waals surface area contributed by atoms with Gasteiger partial charge in [-0.2, -0.15) is 0 Å². The molecule has 4 saturated carbocycles. The van der Waals surface area contributed by atoms with Gasteiger partial charge in [-0.25, -0.2) is 0 Å². The van der Waals surface area contributed by atoms with Crippen molar-refractivity contribution in [3.05, 3.63) is 29.8 Å². The summed E-state index contributed by atoms with van der Waals surface area (Å²) in [6, 6.07) is 7.59. The fourth-order valence-corrected chi connectivity index (χ4v) is 6.43. The van der Waals surface area contributed by atoms with E-state index in [2.05, 4.69) is 24.5 Å². The first-order valence-corrected chi connectivity index (χ1v) is 11.6. The van der Waals surface area contributed by atoms with Crippen LogP contribution in [0, 0.1) is 23.2 Å². The fourth-order valence-electron chi connectivity index (χ4n) is 6.43. The Kier molecular flexibility index (Phi) is 6.35. The lowest BCUT2D eigenvalue weighted by Gasteiger charge is -2.56. The van der Waals surface area contributed by atoms with Crippen molar-refractivity contribution < 1.29 is 19.1 Å². The van der Waals surface area contributed by atoms with Crippen LogP contribution in [0.3, 0.4) is 0 Å². The normalized spacial score (nSPS) is 28.4. The molecule has 0 spiro atoms. The quantitative estimate of drug-likeness (QED) is 0.615. The Labute approximate surface area is 184 Å². The minimum Gasteiger partial charge on any atom is -0.454 e. The second-order valence-corrected chi connectivity index (χ2v) is 10.4. The van der Waals surface area contributed by atoms with Crippen LogP contribution in [0.2, 0.25) is 0 Å². The number of hydrogen-bond donors (Lipinski definition) is 2. The standard InChI is InChI=1S/C25H34N2O4/c1-16(2)20-3-5-21(6-4-20)27-23(29)15-31-24(30)14-26-22(28)13-25-10-17-7-18(11-25)9-19(8-17)12-25/h3-6,16-19H,7-15H2,1-2H3,(H,26,28)(H,27,29). The van der Waals surface area contributed by atoms with E-state index >= 15 is 0 Å². The second-order valence-electron chi connectivity index (χ2n) is 10.4. The predicted molar refractivity (Wildman–Crippen MR) is 118 cm³/mol. The molecule has 4 fully saturated rings. The monoisotopic (exact) mass is 426 g/mol. The SMILES string of the molecule is CC(C)c1ccc(NC(=O)COC(=O)CNC(=O)CC23CC4CC(CC(C4)C2)C3)cc1. The zero-order chi connectivity index (χ0) is 22.0. The van der Waals surface area contributed by atoms with Crippen molar-refractivity contribution in [2.24, 2.45) is 23.2 Å². The molecular weight excluding hydrogens is 392 g/mol. The smallest absolute Gasteiger partial charge is 0.325 e. The number of hydrogen-bond acceptors (Lipinski definition) is 4. The van der Waals surface area contributed by atoms with Crippen LogP contribution >= 0.6 is 0 Å². The predicted octanol–water partition coefficient (Wildman–Crippen LogP) is 4.01. The summed E-state index contributed by atoms with van der Waals surface area (Å²) >= 11 is 0. The molecule has 5 rings (SSSR count). The fraction of sp³-hybridized carbons (Fsp3) is 0.640. The zero-order valence-electron chi connectivity index (χ0n) is 18.6. The third-order valence-electron chi connectivity index (χ3n) is 7.36. The van der Waals surface area contributed by atoms with Gasteiger partial charge in [-0.3, -0.25) is 14.4 Å². The molecule has 1 aromatic rings. The molecule has 0 aliphatic heterocycles. The topological polar surface area (TPSA) is 84.5 Å². The molecule has 4 aliphatic carbocycles. The van der Waals surface area contributed by atoms with E-state index in [1.807, 2.05) is 24.3 Å². The van der Waals surface area contributed by atoms with Crippen LogP contribution in [-0.4, -0.2) is 30.9 Å². The van der Waals surface area contributed by atoms with Gasteiger partial charge in [-0.05, 0) is 85.3 Å². The summed E-state index contributed by atoms with van der Waals surface area (Å²) < 4.78 is 5.02. The summed E-state index contributed by atoms with van der Waals surface area (Å²) in [6.07, 6.45) is 8.03. The number of benzene rings is 1. The van der Waals surface area contributed by atoms with Crippen molar-refractivity contribution >= 4 is 23.5 Å². The van der Waals surface area contributed by atoms with Gasteiger partial charge in [0.15, 0.2) is 6.61 Å². The number of anilines is 1. The largest absolute Gasteiger partial charge is 0.454 e. The van der Waals surface area contributed by atoms with Crippen molar-refractivity contribution in [2.75, 3.05) is 18.5 Å². The summed E-state index contributed by atoms with van der Waals surface area (Å²) in [7, 11) is 0. The van der Waals surface area contributed by atoms with E-state index in [4.69, 9.17) is 4.74 Å². The molecule has 0 saturated heterocycles. The molecule has 0 radical (unpaired) electrons. The van der Waals surface area contributed by atoms with Crippen LogP contribution in [0.15, 0.2) is 24.3 Å². The van der Waals surface area contributed by atoms with Crippen molar-refractivity contribution in [3.63, 3.8) is 0 Å². The number of amides is 2. The highest BCUT2D eigenvalue weighted by Gasteiger charge is 2.51. The van der Waals surface area contributed by atoms with Crippen LogP contribution < -0.4 is 10.6 Å². The van der Waals surface area contributed by atoms with E-state index in [-0.39, 0.29) is 24.5 Å². The highest BCUT2D eigenvalue weighted by molar-refractivity contribution is 5.93. The first-order chi connectivity index (χ1) is 14.8. The maximum Gasteiger partial charge on any atom is 0.325 e. The van der Waals surface area contributed by atoms with E-state index in [1.54, 1.807) is 0 Å². The molecule has 168 valence electrons. The van der Waals surface area contributed by atoms with E-state index < -0.39 is 11.9 Å². The average molecular weight is 427 g/mol. The van der Waals surface area contributed by atoms with Gasteiger partial charge in [0, 0.05) is 12.1 Å². The summed E-state index contributed by atoms with van der Waals surface area (Å²) in [6.45, 7) is 3.65. The minimum absolute atomic E-state index is 0.0754. The minimum atomic E-state index is -0.593. The number of esters is 1. The second kappa shape index (κ2) is 9.01. The molecule has 2 amide bonds. The highest BCUT2D eigenvalue weighted by atomic mass is 16.5. The molecule has 31 heavy (non-hydrogen) atoms. The van der Waals surface area contributed by atoms with E-state index in [0.717, 1.165) is 37.0 Å². The number of ether oxygens (including phenoxy) is 1. The van der Waals surface area contributed by atoms with Crippen molar-refractivity contribution in [1.29, 1.82) is 0 Å². The molecular formula is C25H34N2O4. The van der Waals surface area contributed by atoms with E-state index in [9.17, 15) is 14.4 Å². The number of rotatable bonds is 8. The third kappa shape index (κ3) is 5.46. The highest BCUT2D eigenvalue weighted by Crippen LogP contribution is 2.61. The Balaban J connectivity index is 1.16. The lowest BCUT2D eigenvalue weighted by Crippen LogP contribution is -2.48. The average Bonchev–Trinajstić information content (AvgIpc) is 2.70. The van der Waals surface area contributed by atoms with Crippen LogP contribution in [0.5, 0.6) is 0 Å². The molecule has 2 N–H and O–H groups in total. The Bertz CT molecular complexity index is 795. The van der Waals surface area contributed by atoms with Crippen LogP contribution in [0.4, 0.5) is 5.69 Å². The molecule has 4 aliphatic rings. The maximum absolute atomic E-state index is 12.5. The zero-order valence-corrected chi connectivity index (χ0v) is 18.6. The molecule has 4 bridgehead atoms. The molecule has 6 nitrogen and oxygen atoms in total. The van der Waals surface area contributed by atoms with Crippen LogP contribution in [-0.2, 0) is 19.1 Å². The van der Waals surface area contributed by atoms with Crippen LogP contribution in [0.25, 0.3) is 0 Å². The number of carbonyl (C=O) groups excluding carboxylic acids is 3. The van der Waals surface area contributed by atoms with E-state index in [0.29, 0.717) is 18.0 Å². The van der Waals surface area contributed by atoms with Gasteiger partial charge in [0.1, 0.15) is 6.54 Å². The Morgan fingerprint density at radius 1 is 0.968 bits per heavy atom. The summed E-state index contributed by atoms with van der Waals surface area (Å²) in [5, 5.41) is 5.41. The van der Waals surface area contributed by atoms with Gasteiger partial charge in [0.25, 0.3) is 5.91 Å². The lowest BCUT2D eigenvalue weighted by molar-refractivity contribution is -0.147. The van der Waals surface area contributed by atoms with Crippen molar-refractivity contribution in [3.8, 4) is 0 Å². The molecule has 1 aromatic carbocycles. The van der Waals surface area contributed by atoms with Gasteiger partial charge in [-0.1, -0.05) is 26.0 Å². The van der Waals surface area contributed by atoms with Gasteiger partial charge < -0.3 is 15.4 Å². The Hall–Kier alpha value is -2.37. The van der Waals surface area contributed by atoms with Crippen molar-refractivity contribution in [2.45, 2.75) is 64.7 Å². The van der Waals surface area contributed by atoms with Gasteiger partial charge in [0.2, 0.25) is 5.91 Å². The summed E-state index contributed by atoms with van der Waals surface area (Å²) in [5.41, 5.74) is 2.00. The van der Waals surface area contributed by atoms with Gasteiger partial charge in [-0.15, -0.1) is 0 Å². The Morgan fingerprint density at radius 3 is 2.10 bits per heavy atom. The molecule has 0 heterocycles. The maximum atomic E-state index is 12.5. The lowest BCUT2D eigenvalue weighted by atomic mass is 9.49. The van der Waals surface area contributed by atoms with Gasteiger partial charge in [0.05, 0.1) is 0 Å². The van der Waals surface area contributed by atoms with Crippen molar-refractivity contribution in [1.82, 2.24) is 5.32 Å². The number of nitrogens with one attached hydrogen (secondary N) is 2. The molecule has 0 atom stereocenters. The van der Waals surface area contributed by atoms with E-state index in [1.165, 1.54) is 24.8 Å². The first-order valence-electron chi connectivity index (χ1n) is 11.6. The molecule has 6 heteroatoms. The third-order valence-corrected chi connectivity index (χ3v) is 7.36. The number of carbonyl (C=O) groups is 3. The molecule has 0 aromatic heterocycles. The molecule has 0 unspecified atom stereocenters.